The fourth-order valence-electron chi connectivity index (χ4n) is 4.31. The van der Waals surface area contributed by atoms with Crippen LogP contribution in [-0.2, 0) is 20.7 Å². The first kappa shape index (κ1) is 20.2. The molecule has 5 nitrogen and oxygen atoms in total. The van der Waals surface area contributed by atoms with Crippen molar-refractivity contribution < 1.29 is 14.3 Å². The largest absolute Gasteiger partial charge is 0.460 e. The van der Waals surface area contributed by atoms with Gasteiger partial charge in [0, 0.05) is 30.8 Å². The Morgan fingerprint density at radius 3 is 2.60 bits per heavy atom. The minimum Gasteiger partial charge on any atom is -0.460 e. The number of esters is 1. The van der Waals surface area contributed by atoms with Crippen molar-refractivity contribution in [2.24, 2.45) is 0 Å². The minimum atomic E-state index is -0.358. The number of carbonyl (C=O) groups is 2. The number of nitrogens with zero attached hydrogens (tertiary/aromatic N) is 1. The average molecular weight is 405 g/mol. The first-order valence-corrected chi connectivity index (χ1v) is 10.6. The van der Waals surface area contributed by atoms with E-state index in [1.807, 2.05) is 62.4 Å². The Morgan fingerprint density at radius 2 is 1.83 bits per heavy atom. The molecule has 2 aromatic rings. The molecular formula is C25H28N2O3. The lowest BCUT2D eigenvalue weighted by atomic mass is 9.89. The normalized spacial score (nSPS) is 20.0. The van der Waals surface area contributed by atoms with Gasteiger partial charge in [0.1, 0.15) is 0 Å². The molecule has 2 unspecified atom stereocenters. The third kappa shape index (κ3) is 4.25. The molecule has 30 heavy (non-hydrogen) atoms. The van der Waals surface area contributed by atoms with Crippen LogP contribution in [0.25, 0.3) is 0 Å². The summed E-state index contributed by atoms with van der Waals surface area (Å²) in [4.78, 5) is 27.6. The number of hydrogen-bond acceptors (Lipinski definition) is 4. The van der Waals surface area contributed by atoms with E-state index in [1.54, 1.807) is 11.1 Å². The Hall–Kier alpha value is -3.08. The smallest absolute Gasteiger partial charge is 0.337 e. The van der Waals surface area contributed by atoms with Gasteiger partial charge in [0.25, 0.3) is 0 Å². The first-order valence-electron chi connectivity index (χ1n) is 10.6. The maximum atomic E-state index is 13.0. The topological polar surface area (TPSA) is 58.6 Å². The number of hydrogen-bond donors (Lipinski definition) is 1. The molecule has 1 amide bonds. The minimum absolute atomic E-state index is 0.0296. The molecule has 0 saturated heterocycles. The average Bonchev–Trinajstić information content (AvgIpc) is 2.99. The number of carbonyl (C=O) groups excluding carboxylic acids is 2. The number of para-hydroxylation sites is 1. The highest BCUT2D eigenvalue weighted by atomic mass is 16.5. The second-order valence-electron chi connectivity index (χ2n) is 8.22. The molecule has 156 valence electrons. The first-order chi connectivity index (χ1) is 14.5. The number of aryl methyl sites for hydroxylation is 1. The van der Waals surface area contributed by atoms with E-state index in [0.29, 0.717) is 25.0 Å². The molecule has 2 atom stereocenters. The number of amides is 1. The summed E-state index contributed by atoms with van der Waals surface area (Å²) in [6.45, 7) is 4.27. The molecule has 2 aromatic carbocycles. The van der Waals surface area contributed by atoms with Crippen molar-refractivity contribution in [2.45, 2.75) is 51.2 Å². The van der Waals surface area contributed by atoms with Crippen LogP contribution in [0.2, 0.25) is 0 Å². The highest BCUT2D eigenvalue weighted by molar-refractivity contribution is 5.93. The highest BCUT2D eigenvalue weighted by Gasteiger charge is 2.40. The number of fused-ring (bicyclic) bond motifs is 3. The van der Waals surface area contributed by atoms with E-state index in [2.05, 4.69) is 11.4 Å². The van der Waals surface area contributed by atoms with Gasteiger partial charge >= 0.3 is 5.97 Å². The predicted octanol–water partition coefficient (Wildman–Crippen LogP) is 4.26. The molecular weight excluding hydrogens is 376 g/mol. The molecule has 4 rings (SSSR count). The maximum Gasteiger partial charge on any atom is 0.337 e. The Labute approximate surface area is 177 Å². The Balaban J connectivity index is 1.57. The number of rotatable bonds is 5. The van der Waals surface area contributed by atoms with Crippen LogP contribution in [0.15, 0.2) is 66.4 Å². The standard InChI is InChI=1S/C25H28N2O3/c1-17(2)30-25(29)21-16-27(23(28)13-12-18-8-4-3-5-9-18)15-14-20-19-10-6-7-11-22(19)26-24(20)21/h3-11,16-17,20,24,26H,12-15H2,1-2H3. The summed E-state index contributed by atoms with van der Waals surface area (Å²) in [5, 5.41) is 3.49. The third-order valence-corrected chi connectivity index (χ3v) is 5.75. The molecule has 2 aliphatic heterocycles. The Kier molecular flexibility index (Phi) is 5.88. The zero-order valence-electron chi connectivity index (χ0n) is 17.5. The van der Waals surface area contributed by atoms with Crippen LogP contribution in [0.4, 0.5) is 5.69 Å². The van der Waals surface area contributed by atoms with Crippen LogP contribution in [0.1, 0.15) is 43.7 Å². The summed E-state index contributed by atoms with van der Waals surface area (Å²) in [6.07, 6.45) is 3.39. The molecule has 0 saturated carbocycles. The molecule has 0 bridgehead atoms. The maximum absolute atomic E-state index is 13.0. The van der Waals surface area contributed by atoms with Gasteiger partial charge in [0.05, 0.1) is 17.7 Å². The summed E-state index contributed by atoms with van der Waals surface area (Å²) in [7, 11) is 0. The summed E-state index contributed by atoms with van der Waals surface area (Å²) >= 11 is 0. The third-order valence-electron chi connectivity index (χ3n) is 5.75. The predicted molar refractivity (Wildman–Crippen MR) is 117 cm³/mol. The second-order valence-corrected chi connectivity index (χ2v) is 8.22. The molecule has 0 spiro atoms. The van der Waals surface area contributed by atoms with E-state index in [4.69, 9.17) is 4.74 Å². The Morgan fingerprint density at radius 1 is 1.10 bits per heavy atom. The van der Waals surface area contributed by atoms with Crippen LogP contribution >= 0.6 is 0 Å². The van der Waals surface area contributed by atoms with Gasteiger partial charge in [-0.25, -0.2) is 4.79 Å². The van der Waals surface area contributed by atoms with Gasteiger partial charge in [-0.05, 0) is 43.9 Å². The molecule has 0 aliphatic carbocycles. The van der Waals surface area contributed by atoms with Gasteiger partial charge in [0.15, 0.2) is 0 Å². The number of anilines is 1. The molecule has 0 aromatic heterocycles. The lowest BCUT2D eigenvalue weighted by Crippen LogP contribution is -2.30. The van der Waals surface area contributed by atoms with E-state index in [-0.39, 0.29) is 29.9 Å². The lowest BCUT2D eigenvalue weighted by molar-refractivity contribution is -0.143. The molecule has 0 radical (unpaired) electrons. The zero-order valence-corrected chi connectivity index (χ0v) is 17.5. The highest BCUT2D eigenvalue weighted by Crippen LogP contribution is 2.42. The van der Waals surface area contributed by atoms with Crippen molar-refractivity contribution in [3.05, 3.63) is 77.5 Å². The van der Waals surface area contributed by atoms with Gasteiger partial charge in [-0.15, -0.1) is 0 Å². The molecule has 1 N–H and O–H groups in total. The van der Waals surface area contributed by atoms with Crippen LogP contribution in [0.3, 0.4) is 0 Å². The van der Waals surface area contributed by atoms with Crippen molar-refractivity contribution in [2.75, 3.05) is 11.9 Å². The van der Waals surface area contributed by atoms with Crippen molar-refractivity contribution in [3.8, 4) is 0 Å². The van der Waals surface area contributed by atoms with E-state index in [9.17, 15) is 9.59 Å². The summed E-state index contributed by atoms with van der Waals surface area (Å²) in [6, 6.07) is 18.0. The second kappa shape index (κ2) is 8.74. The molecule has 2 aliphatic rings. The van der Waals surface area contributed by atoms with Crippen LogP contribution in [0, 0.1) is 0 Å². The SMILES string of the molecule is CC(C)OC(=O)C1=CN(C(=O)CCc2ccccc2)CCC2c3ccccc3NC12. The summed E-state index contributed by atoms with van der Waals surface area (Å²) in [5.74, 6) is -0.191. The van der Waals surface area contributed by atoms with E-state index in [1.165, 1.54) is 5.56 Å². The summed E-state index contributed by atoms with van der Waals surface area (Å²) in [5.41, 5.74) is 3.91. The van der Waals surface area contributed by atoms with Gasteiger partial charge < -0.3 is 15.0 Å². The van der Waals surface area contributed by atoms with E-state index >= 15 is 0 Å². The van der Waals surface area contributed by atoms with Gasteiger partial charge in [-0.2, -0.15) is 0 Å². The Bertz CT molecular complexity index is 952. The van der Waals surface area contributed by atoms with Crippen molar-refractivity contribution >= 4 is 17.6 Å². The number of ether oxygens (including phenoxy) is 1. The van der Waals surface area contributed by atoms with Crippen LogP contribution in [-0.4, -0.2) is 35.5 Å². The van der Waals surface area contributed by atoms with Crippen molar-refractivity contribution in [1.29, 1.82) is 0 Å². The molecule has 2 heterocycles. The monoisotopic (exact) mass is 404 g/mol. The van der Waals surface area contributed by atoms with Crippen molar-refractivity contribution in [1.82, 2.24) is 4.90 Å². The number of benzene rings is 2. The summed E-state index contributed by atoms with van der Waals surface area (Å²) < 4.78 is 5.52. The quantitative estimate of drug-likeness (QED) is 0.757. The molecule has 5 heteroatoms. The fraction of sp³-hybridized carbons (Fsp3) is 0.360. The lowest BCUT2D eigenvalue weighted by Gasteiger charge is -2.20. The van der Waals surface area contributed by atoms with Gasteiger partial charge in [-0.1, -0.05) is 48.5 Å². The van der Waals surface area contributed by atoms with Crippen LogP contribution < -0.4 is 5.32 Å². The molecule has 0 fully saturated rings. The zero-order chi connectivity index (χ0) is 21.1. The number of nitrogens with one attached hydrogen (secondary N) is 1. The van der Waals surface area contributed by atoms with E-state index < -0.39 is 0 Å². The fourth-order valence-corrected chi connectivity index (χ4v) is 4.31. The van der Waals surface area contributed by atoms with Gasteiger partial charge in [0.2, 0.25) is 5.91 Å². The van der Waals surface area contributed by atoms with Crippen molar-refractivity contribution in [3.63, 3.8) is 0 Å². The van der Waals surface area contributed by atoms with Crippen LogP contribution in [0.5, 0.6) is 0 Å². The van der Waals surface area contributed by atoms with Gasteiger partial charge in [-0.3, -0.25) is 4.79 Å². The van der Waals surface area contributed by atoms with E-state index in [0.717, 1.165) is 17.7 Å².